The molecular weight excluding hydrogens is 384 g/mol. The lowest BCUT2D eigenvalue weighted by atomic mass is 9.70. The number of hydrogen-bond donors (Lipinski definition) is 0. The van der Waals surface area contributed by atoms with Crippen LogP contribution in [0.3, 0.4) is 0 Å². The van der Waals surface area contributed by atoms with Crippen LogP contribution in [0, 0.1) is 0 Å². The monoisotopic (exact) mass is 428 g/mol. The number of rotatable bonds is 17. The zero-order valence-corrected chi connectivity index (χ0v) is 20.4. The molecule has 0 radical (unpaired) electrons. The Hall–Kier alpha value is -1.90. The average Bonchev–Trinajstić information content (AvgIpc) is 2.75. The fourth-order valence-corrected chi connectivity index (χ4v) is 4.33. The van der Waals surface area contributed by atoms with Gasteiger partial charge in [-0.1, -0.05) is 81.0 Å². The van der Waals surface area contributed by atoms with Crippen LogP contribution in [0.2, 0.25) is 0 Å². The smallest absolute Gasteiger partial charge is 0.305 e. The summed E-state index contributed by atoms with van der Waals surface area (Å²) in [6.07, 6.45) is 14.3. The Labute approximate surface area is 190 Å². The van der Waals surface area contributed by atoms with Crippen molar-refractivity contribution in [1.29, 1.82) is 0 Å². The van der Waals surface area contributed by atoms with Crippen LogP contribution >= 0.6 is 0 Å². The molecule has 1 aromatic rings. The van der Waals surface area contributed by atoms with Crippen molar-refractivity contribution in [3.05, 3.63) is 47.5 Å². The number of hydrogen-bond acceptors (Lipinski definition) is 3. The highest BCUT2D eigenvalue weighted by molar-refractivity contribution is 5.88. The molecule has 0 aliphatic carbocycles. The van der Waals surface area contributed by atoms with E-state index >= 15 is 0 Å². The third-order valence-corrected chi connectivity index (χ3v) is 6.28. The summed E-state index contributed by atoms with van der Waals surface area (Å²) in [5.41, 5.74) is 2.17. The summed E-state index contributed by atoms with van der Waals surface area (Å²) >= 11 is 0. The molecule has 0 aromatic heterocycles. The van der Waals surface area contributed by atoms with Gasteiger partial charge in [0, 0.05) is 6.42 Å². The Bertz CT molecular complexity index is 662. The predicted octanol–water partition coefficient (Wildman–Crippen LogP) is 7.72. The number of Topliss-reactive ketones (excluding diaryl/α,β-unsaturated/α-hetero) is 1. The van der Waals surface area contributed by atoms with E-state index in [9.17, 15) is 9.59 Å². The Morgan fingerprint density at radius 3 is 2.19 bits per heavy atom. The quantitative estimate of drug-likeness (QED) is 0.145. The van der Waals surface area contributed by atoms with Crippen LogP contribution in [0.4, 0.5) is 0 Å². The summed E-state index contributed by atoms with van der Waals surface area (Å²) in [5.74, 6) is 0.160. The van der Waals surface area contributed by atoms with Gasteiger partial charge in [0.1, 0.15) is 5.78 Å². The third kappa shape index (κ3) is 10.3. The van der Waals surface area contributed by atoms with Crippen LogP contribution in [-0.2, 0) is 19.7 Å². The zero-order chi connectivity index (χ0) is 23.0. The second-order valence-electron chi connectivity index (χ2n) is 8.77. The maximum atomic E-state index is 13.0. The molecule has 31 heavy (non-hydrogen) atoms. The predicted molar refractivity (Wildman–Crippen MR) is 130 cm³/mol. The van der Waals surface area contributed by atoms with E-state index < -0.39 is 5.41 Å². The normalized spacial score (nSPS) is 13.6. The van der Waals surface area contributed by atoms with E-state index in [0.29, 0.717) is 13.0 Å². The Morgan fingerprint density at radius 2 is 1.55 bits per heavy atom. The standard InChI is InChI=1S/C28H44O3/c1-5-7-11-17-24(3)18-16-23-28(25(4)29,26-19-12-10-13-20-26)22-15-9-8-14-21-27(30)31-6-2/h10,12-13,18-20H,5-9,11,14-17,21-23H2,1-4H3/b24-18+. The molecule has 0 aliphatic rings. The van der Waals surface area contributed by atoms with Gasteiger partial charge in [-0.25, -0.2) is 0 Å². The van der Waals surface area contributed by atoms with Crippen LogP contribution < -0.4 is 0 Å². The van der Waals surface area contributed by atoms with Crippen LogP contribution in [-0.4, -0.2) is 18.4 Å². The van der Waals surface area contributed by atoms with Gasteiger partial charge in [-0.05, 0) is 64.9 Å². The van der Waals surface area contributed by atoms with Crippen LogP contribution in [0.15, 0.2) is 42.0 Å². The van der Waals surface area contributed by atoms with Gasteiger partial charge in [0.25, 0.3) is 0 Å². The Morgan fingerprint density at radius 1 is 0.871 bits per heavy atom. The van der Waals surface area contributed by atoms with Gasteiger partial charge in [-0.2, -0.15) is 0 Å². The van der Waals surface area contributed by atoms with E-state index in [1.54, 1.807) is 6.92 Å². The van der Waals surface area contributed by atoms with Crippen molar-refractivity contribution in [1.82, 2.24) is 0 Å². The molecule has 3 heteroatoms. The van der Waals surface area contributed by atoms with Crippen molar-refractivity contribution >= 4 is 11.8 Å². The Balaban J connectivity index is 2.72. The lowest BCUT2D eigenvalue weighted by Gasteiger charge is -2.32. The van der Waals surface area contributed by atoms with Gasteiger partial charge in [0.05, 0.1) is 12.0 Å². The van der Waals surface area contributed by atoms with E-state index in [2.05, 4.69) is 32.1 Å². The average molecular weight is 429 g/mol. The zero-order valence-electron chi connectivity index (χ0n) is 20.4. The molecule has 0 amide bonds. The maximum Gasteiger partial charge on any atom is 0.305 e. The van der Waals surface area contributed by atoms with Crippen molar-refractivity contribution in [2.24, 2.45) is 0 Å². The molecule has 1 atom stereocenters. The van der Waals surface area contributed by atoms with Crippen molar-refractivity contribution in [2.45, 2.75) is 110 Å². The summed E-state index contributed by atoms with van der Waals surface area (Å²) < 4.78 is 5.00. The SMILES string of the molecule is CCCCC/C(C)=C/CCC(CCCCCCC(=O)OCC)(C(C)=O)c1ccccc1. The molecule has 0 heterocycles. The first kappa shape index (κ1) is 27.1. The van der Waals surface area contributed by atoms with E-state index in [1.165, 1.54) is 24.8 Å². The molecule has 0 spiro atoms. The topological polar surface area (TPSA) is 43.4 Å². The fraction of sp³-hybridized carbons (Fsp3) is 0.643. The molecule has 1 rings (SSSR count). The number of allylic oxidation sites excluding steroid dienone is 2. The van der Waals surface area contributed by atoms with Gasteiger partial charge < -0.3 is 4.74 Å². The highest BCUT2D eigenvalue weighted by Crippen LogP contribution is 2.36. The number of benzene rings is 1. The number of esters is 1. The van der Waals surface area contributed by atoms with E-state index in [4.69, 9.17) is 4.74 Å². The van der Waals surface area contributed by atoms with E-state index in [0.717, 1.165) is 56.9 Å². The van der Waals surface area contributed by atoms with E-state index in [1.807, 2.05) is 25.1 Å². The van der Waals surface area contributed by atoms with Gasteiger partial charge in [0.15, 0.2) is 0 Å². The van der Waals surface area contributed by atoms with Crippen LogP contribution in [0.5, 0.6) is 0 Å². The molecule has 3 nitrogen and oxygen atoms in total. The first-order valence-corrected chi connectivity index (χ1v) is 12.3. The summed E-state index contributed by atoms with van der Waals surface area (Å²) in [6.45, 7) is 8.49. The molecule has 0 bridgehead atoms. The molecule has 1 unspecified atom stereocenters. The van der Waals surface area contributed by atoms with Crippen molar-refractivity contribution in [2.75, 3.05) is 6.61 Å². The first-order valence-electron chi connectivity index (χ1n) is 12.3. The van der Waals surface area contributed by atoms with Crippen LogP contribution in [0.25, 0.3) is 0 Å². The summed E-state index contributed by atoms with van der Waals surface area (Å²) in [5, 5.41) is 0. The van der Waals surface area contributed by atoms with Gasteiger partial charge >= 0.3 is 5.97 Å². The molecular formula is C28H44O3. The first-order chi connectivity index (χ1) is 15.0. The maximum absolute atomic E-state index is 13.0. The van der Waals surface area contributed by atoms with E-state index in [-0.39, 0.29) is 11.8 Å². The highest BCUT2D eigenvalue weighted by atomic mass is 16.5. The highest BCUT2D eigenvalue weighted by Gasteiger charge is 2.35. The van der Waals surface area contributed by atoms with Gasteiger partial charge in [0.2, 0.25) is 0 Å². The van der Waals surface area contributed by atoms with Crippen LogP contribution in [0.1, 0.15) is 110 Å². The number of ether oxygens (including phenoxy) is 1. The molecule has 1 aromatic carbocycles. The largest absolute Gasteiger partial charge is 0.466 e. The number of carbonyl (C=O) groups is 2. The summed E-state index contributed by atoms with van der Waals surface area (Å²) in [4.78, 5) is 24.4. The second kappa shape index (κ2) is 15.8. The second-order valence-corrected chi connectivity index (χ2v) is 8.77. The minimum absolute atomic E-state index is 0.106. The molecule has 0 aliphatic heterocycles. The summed E-state index contributed by atoms with van der Waals surface area (Å²) in [7, 11) is 0. The van der Waals surface area contributed by atoms with Gasteiger partial charge in [-0.15, -0.1) is 0 Å². The lowest BCUT2D eigenvalue weighted by molar-refractivity contribution is -0.143. The van der Waals surface area contributed by atoms with Gasteiger partial charge in [-0.3, -0.25) is 9.59 Å². The Kier molecular flexibility index (Phi) is 13.9. The lowest BCUT2D eigenvalue weighted by Crippen LogP contribution is -2.34. The van der Waals surface area contributed by atoms with Crippen molar-refractivity contribution in [3.63, 3.8) is 0 Å². The van der Waals surface area contributed by atoms with Crippen molar-refractivity contribution < 1.29 is 14.3 Å². The molecule has 174 valence electrons. The molecule has 0 N–H and O–H groups in total. The number of ketones is 1. The number of carbonyl (C=O) groups excluding carboxylic acids is 2. The van der Waals surface area contributed by atoms with Crippen molar-refractivity contribution in [3.8, 4) is 0 Å². The number of unbranched alkanes of at least 4 members (excludes halogenated alkanes) is 5. The third-order valence-electron chi connectivity index (χ3n) is 6.28. The summed E-state index contributed by atoms with van der Waals surface area (Å²) in [6, 6.07) is 10.3. The minimum atomic E-state index is -0.414. The molecule has 0 saturated carbocycles. The molecule has 0 fully saturated rings. The molecule has 0 saturated heterocycles. The fourth-order valence-electron chi connectivity index (χ4n) is 4.33. The minimum Gasteiger partial charge on any atom is -0.466 e.